The van der Waals surface area contributed by atoms with Crippen LogP contribution in [-0.4, -0.2) is 33.1 Å². The first-order valence-corrected chi connectivity index (χ1v) is 8.42. The SMILES string of the molecule is COc1cc(-c2ccc(CNC(=O)CCC(N)=O)cc2)cc(OC)c1OC. The molecule has 0 aromatic heterocycles. The number of nitrogens with one attached hydrogen (secondary N) is 1. The molecule has 7 nitrogen and oxygen atoms in total. The monoisotopic (exact) mass is 372 g/mol. The first-order valence-electron chi connectivity index (χ1n) is 8.42. The zero-order chi connectivity index (χ0) is 19.8. The number of carbonyl (C=O) groups excluding carboxylic acids is 2. The van der Waals surface area contributed by atoms with E-state index in [-0.39, 0.29) is 18.7 Å². The topological polar surface area (TPSA) is 99.9 Å². The molecule has 0 spiro atoms. The van der Waals surface area contributed by atoms with Gasteiger partial charge in [0.25, 0.3) is 0 Å². The lowest BCUT2D eigenvalue weighted by atomic mass is 10.0. The molecule has 0 saturated carbocycles. The van der Waals surface area contributed by atoms with Crippen LogP contribution in [0.1, 0.15) is 18.4 Å². The van der Waals surface area contributed by atoms with E-state index < -0.39 is 5.91 Å². The van der Waals surface area contributed by atoms with E-state index in [2.05, 4.69) is 5.32 Å². The zero-order valence-corrected chi connectivity index (χ0v) is 15.7. The van der Waals surface area contributed by atoms with Crippen LogP contribution < -0.4 is 25.3 Å². The summed E-state index contributed by atoms with van der Waals surface area (Å²) in [5, 5.41) is 2.76. The Hall–Kier alpha value is -3.22. The van der Waals surface area contributed by atoms with E-state index in [9.17, 15) is 9.59 Å². The van der Waals surface area contributed by atoms with Gasteiger partial charge in [0.2, 0.25) is 17.6 Å². The number of benzene rings is 2. The van der Waals surface area contributed by atoms with Crippen molar-refractivity contribution in [3.05, 3.63) is 42.0 Å². The van der Waals surface area contributed by atoms with Gasteiger partial charge in [-0.15, -0.1) is 0 Å². The van der Waals surface area contributed by atoms with Crippen molar-refractivity contribution in [3.63, 3.8) is 0 Å². The Labute approximate surface area is 158 Å². The molecule has 2 aromatic carbocycles. The van der Waals surface area contributed by atoms with Crippen molar-refractivity contribution >= 4 is 11.8 Å². The molecule has 0 atom stereocenters. The van der Waals surface area contributed by atoms with E-state index in [4.69, 9.17) is 19.9 Å². The maximum atomic E-state index is 11.7. The molecule has 7 heteroatoms. The van der Waals surface area contributed by atoms with Crippen molar-refractivity contribution in [2.75, 3.05) is 21.3 Å². The number of nitrogens with two attached hydrogens (primary N) is 1. The fraction of sp³-hybridized carbons (Fsp3) is 0.300. The Kier molecular flexibility index (Phi) is 7.05. The highest BCUT2D eigenvalue weighted by Gasteiger charge is 2.14. The summed E-state index contributed by atoms with van der Waals surface area (Å²) in [6.45, 7) is 0.382. The van der Waals surface area contributed by atoms with Gasteiger partial charge in [-0.25, -0.2) is 0 Å². The molecule has 3 N–H and O–H groups in total. The second-order valence-electron chi connectivity index (χ2n) is 5.85. The van der Waals surface area contributed by atoms with Gasteiger partial charge in [0.15, 0.2) is 11.5 Å². The molecular weight excluding hydrogens is 348 g/mol. The minimum atomic E-state index is -0.486. The van der Waals surface area contributed by atoms with Crippen LogP contribution in [0, 0.1) is 0 Å². The lowest BCUT2D eigenvalue weighted by molar-refractivity contribution is -0.125. The highest BCUT2D eigenvalue weighted by molar-refractivity contribution is 5.82. The molecule has 2 amide bonds. The second-order valence-corrected chi connectivity index (χ2v) is 5.85. The molecule has 0 heterocycles. The maximum Gasteiger partial charge on any atom is 0.220 e. The van der Waals surface area contributed by atoms with Crippen molar-refractivity contribution in [2.24, 2.45) is 5.73 Å². The molecule has 0 radical (unpaired) electrons. The molecular formula is C20H24N2O5. The lowest BCUT2D eigenvalue weighted by Gasteiger charge is -2.14. The Morgan fingerprint density at radius 2 is 1.48 bits per heavy atom. The number of rotatable bonds is 9. The predicted octanol–water partition coefficient (Wildman–Crippen LogP) is 2.26. The quantitative estimate of drug-likeness (QED) is 0.703. The highest BCUT2D eigenvalue weighted by Crippen LogP contribution is 2.41. The smallest absolute Gasteiger partial charge is 0.220 e. The van der Waals surface area contributed by atoms with E-state index in [0.29, 0.717) is 23.8 Å². The summed E-state index contributed by atoms with van der Waals surface area (Å²) in [5.41, 5.74) is 7.87. The molecule has 0 aliphatic heterocycles. The van der Waals surface area contributed by atoms with Gasteiger partial charge >= 0.3 is 0 Å². The number of amides is 2. The van der Waals surface area contributed by atoms with Crippen LogP contribution in [0.2, 0.25) is 0 Å². The second kappa shape index (κ2) is 9.47. The molecule has 27 heavy (non-hydrogen) atoms. The molecule has 0 unspecified atom stereocenters. The van der Waals surface area contributed by atoms with Gasteiger partial charge in [-0.1, -0.05) is 24.3 Å². The summed E-state index contributed by atoms with van der Waals surface area (Å²) >= 11 is 0. The first-order chi connectivity index (χ1) is 13.0. The predicted molar refractivity (Wildman–Crippen MR) is 102 cm³/mol. The maximum absolute atomic E-state index is 11.7. The Bertz CT molecular complexity index is 778. The number of hydrogen-bond donors (Lipinski definition) is 2. The van der Waals surface area contributed by atoms with E-state index >= 15 is 0 Å². The molecule has 0 saturated heterocycles. The number of methoxy groups -OCH3 is 3. The van der Waals surface area contributed by atoms with Crippen molar-refractivity contribution in [1.82, 2.24) is 5.32 Å². The van der Waals surface area contributed by atoms with Crippen molar-refractivity contribution in [2.45, 2.75) is 19.4 Å². The average molecular weight is 372 g/mol. The van der Waals surface area contributed by atoms with Gasteiger partial charge in [-0.3, -0.25) is 9.59 Å². The van der Waals surface area contributed by atoms with E-state index in [1.807, 2.05) is 36.4 Å². The third kappa shape index (κ3) is 5.37. The van der Waals surface area contributed by atoms with E-state index in [0.717, 1.165) is 16.7 Å². The molecule has 2 rings (SSSR count). The van der Waals surface area contributed by atoms with Crippen LogP contribution in [0.3, 0.4) is 0 Å². The summed E-state index contributed by atoms with van der Waals surface area (Å²) in [7, 11) is 4.71. The molecule has 0 aliphatic rings. The molecule has 2 aromatic rings. The van der Waals surface area contributed by atoms with Crippen LogP contribution in [0.15, 0.2) is 36.4 Å². The third-order valence-corrected chi connectivity index (χ3v) is 4.04. The van der Waals surface area contributed by atoms with Gasteiger partial charge < -0.3 is 25.3 Å². The van der Waals surface area contributed by atoms with Crippen molar-refractivity contribution < 1.29 is 23.8 Å². The third-order valence-electron chi connectivity index (χ3n) is 4.04. The van der Waals surface area contributed by atoms with Crippen molar-refractivity contribution in [1.29, 1.82) is 0 Å². The summed E-state index contributed by atoms with van der Waals surface area (Å²) < 4.78 is 16.1. The summed E-state index contributed by atoms with van der Waals surface area (Å²) in [5.74, 6) is 1.01. The Morgan fingerprint density at radius 3 is 1.96 bits per heavy atom. The van der Waals surface area contributed by atoms with Crippen LogP contribution in [0.4, 0.5) is 0 Å². The Morgan fingerprint density at radius 1 is 0.889 bits per heavy atom. The van der Waals surface area contributed by atoms with Gasteiger partial charge in [0.05, 0.1) is 21.3 Å². The fourth-order valence-electron chi connectivity index (χ4n) is 2.59. The van der Waals surface area contributed by atoms with Crippen LogP contribution in [0.5, 0.6) is 17.2 Å². The van der Waals surface area contributed by atoms with E-state index in [1.165, 1.54) is 0 Å². The van der Waals surface area contributed by atoms with Crippen LogP contribution >= 0.6 is 0 Å². The number of hydrogen-bond acceptors (Lipinski definition) is 5. The number of carbonyl (C=O) groups is 2. The fourth-order valence-corrected chi connectivity index (χ4v) is 2.59. The van der Waals surface area contributed by atoms with Gasteiger partial charge in [0.1, 0.15) is 0 Å². The Balaban J connectivity index is 2.11. The first kappa shape index (κ1) is 20.1. The number of ether oxygens (including phenoxy) is 3. The molecule has 144 valence electrons. The standard InChI is InChI=1S/C20H24N2O5/c1-25-16-10-15(11-17(26-2)20(16)27-3)14-6-4-13(5-7-14)12-22-19(24)9-8-18(21)23/h4-7,10-11H,8-9,12H2,1-3H3,(H2,21,23)(H,22,24). The average Bonchev–Trinajstić information content (AvgIpc) is 2.69. The minimum Gasteiger partial charge on any atom is -0.493 e. The van der Waals surface area contributed by atoms with Crippen molar-refractivity contribution in [3.8, 4) is 28.4 Å². The van der Waals surface area contributed by atoms with E-state index in [1.54, 1.807) is 21.3 Å². The summed E-state index contributed by atoms with van der Waals surface area (Å²) in [6.07, 6.45) is 0.144. The molecule has 0 bridgehead atoms. The molecule has 0 aliphatic carbocycles. The lowest BCUT2D eigenvalue weighted by Crippen LogP contribution is -2.24. The van der Waals surface area contributed by atoms with Gasteiger partial charge in [0, 0.05) is 19.4 Å². The minimum absolute atomic E-state index is 0.0475. The zero-order valence-electron chi connectivity index (χ0n) is 15.7. The van der Waals surface area contributed by atoms with Gasteiger partial charge in [-0.05, 0) is 28.8 Å². The summed E-state index contributed by atoms with van der Waals surface area (Å²) in [6, 6.07) is 11.5. The summed E-state index contributed by atoms with van der Waals surface area (Å²) in [4.78, 5) is 22.4. The van der Waals surface area contributed by atoms with Crippen LogP contribution in [-0.2, 0) is 16.1 Å². The molecule has 0 fully saturated rings. The van der Waals surface area contributed by atoms with Crippen LogP contribution in [0.25, 0.3) is 11.1 Å². The highest BCUT2D eigenvalue weighted by atomic mass is 16.5. The largest absolute Gasteiger partial charge is 0.493 e. The number of primary amides is 1. The normalized spacial score (nSPS) is 10.2. The van der Waals surface area contributed by atoms with Gasteiger partial charge in [-0.2, -0.15) is 0 Å².